The Balaban J connectivity index is 1.21. The second-order valence-corrected chi connectivity index (χ2v) is 15.9. The zero-order valence-electron chi connectivity index (χ0n) is 36.9. The van der Waals surface area contributed by atoms with Gasteiger partial charge in [-0.15, -0.1) is 0 Å². The summed E-state index contributed by atoms with van der Waals surface area (Å²) < 4.78 is 53.6. The van der Waals surface area contributed by atoms with E-state index < -0.39 is 49.0 Å². The Kier molecular flexibility index (Phi) is 19.3. The summed E-state index contributed by atoms with van der Waals surface area (Å²) in [6.07, 6.45) is -5.83. The predicted molar refractivity (Wildman–Crippen MR) is 249 cm³/mol. The summed E-state index contributed by atoms with van der Waals surface area (Å²) in [6, 6.07) is 60.2. The highest BCUT2D eigenvalue weighted by Gasteiger charge is 2.49. The maximum absolute atomic E-state index is 10.1. The van der Waals surface area contributed by atoms with Crippen molar-refractivity contribution in [3.8, 4) is 6.07 Å². The molecule has 0 N–H and O–H groups in total. The summed E-state index contributed by atoms with van der Waals surface area (Å²) in [5.41, 5.74) is 15.7. The van der Waals surface area contributed by atoms with Crippen LogP contribution >= 0.6 is 0 Å². The number of nitriles is 1. The third-order valence-electron chi connectivity index (χ3n) is 11.1. The van der Waals surface area contributed by atoms with Crippen molar-refractivity contribution >= 4 is 0 Å². The van der Waals surface area contributed by atoms with E-state index in [9.17, 15) is 10.8 Å². The summed E-state index contributed by atoms with van der Waals surface area (Å²) >= 11 is 0. The van der Waals surface area contributed by atoms with E-state index in [4.69, 9.17) is 37.9 Å². The molecule has 0 aromatic heterocycles. The third kappa shape index (κ3) is 14.9. The van der Waals surface area contributed by atoms with Crippen LogP contribution in [0.1, 0.15) is 39.8 Å². The van der Waals surface area contributed by atoms with Gasteiger partial charge in [0.15, 0.2) is 6.29 Å². The number of nitrogens with zero attached hydrogens (tertiary/aromatic N) is 4. The Labute approximate surface area is 387 Å². The van der Waals surface area contributed by atoms with Crippen molar-refractivity contribution in [2.75, 3.05) is 13.2 Å². The number of hydrogen-bond acceptors (Lipinski definition) is 10. The average Bonchev–Trinajstić information content (AvgIpc) is 3.37. The minimum absolute atomic E-state index is 0.0386. The molecule has 1 saturated heterocycles. The van der Waals surface area contributed by atoms with Crippen LogP contribution in [-0.2, 0) is 77.5 Å². The second kappa shape index (κ2) is 26.7. The molecule has 1 aliphatic rings. The molecule has 6 aromatic rings. The van der Waals surface area contributed by atoms with E-state index in [1.54, 1.807) is 0 Å². The highest BCUT2D eigenvalue weighted by Crippen LogP contribution is 2.32. The molecule has 1 aliphatic heterocycles. The first kappa shape index (κ1) is 47.8. The fourth-order valence-corrected chi connectivity index (χ4v) is 7.71. The van der Waals surface area contributed by atoms with Crippen molar-refractivity contribution < 1.29 is 37.9 Å². The lowest BCUT2D eigenvalue weighted by Gasteiger charge is -2.46. The summed E-state index contributed by atoms with van der Waals surface area (Å²) in [7, 11) is 0. The Morgan fingerprint density at radius 1 is 0.515 bits per heavy atom. The first-order valence-electron chi connectivity index (χ1n) is 22.2. The molecule has 0 bridgehead atoms. The molecule has 0 spiro atoms. The molecule has 0 saturated carbocycles. The van der Waals surface area contributed by atoms with E-state index in [1.165, 1.54) is 0 Å². The quantitative estimate of drug-likeness (QED) is 0.0295. The van der Waals surface area contributed by atoms with Gasteiger partial charge in [0, 0.05) is 4.91 Å². The van der Waals surface area contributed by atoms with Gasteiger partial charge in [0.1, 0.15) is 24.4 Å². The van der Waals surface area contributed by atoms with Gasteiger partial charge in [-0.05, 0) is 38.9 Å². The van der Waals surface area contributed by atoms with E-state index >= 15 is 0 Å². The van der Waals surface area contributed by atoms with Gasteiger partial charge in [0.25, 0.3) is 0 Å². The highest BCUT2D eigenvalue weighted by atomic mass is 16.7. The van der Waals surface area contributed by atoms with Gasteiger partial charge in [-0.25, -0.2) is 0 Å². The molecule has 0 unspecified atom stereocenters. The zero-order chi connectivity index (χ0) is 45.4. The van der Waals surface area contributed by atoms with Crippen LogP contribution in [-0.4, -0.2) is 62.2 Å². The predicted octanol–water partition coefficient (Wildman–Crippen LogP) is 10.5. The molecule has 0 aliphatic carbocycles. The van der Waals surface area contributed by atoms with Crippen LogP contribution in [0.3, 0.4) is 0 Å². The summed E-state index contributed by atoms with van der Waals surface area (Å²) in [4.78, 5) is 3.25. The van der Waals surface area contributed by atoms with Gasteiger partial charge in [0.05, 0.1) is 83.6 Å². The Morgan fingerprint density at radius 2 is 0.924 bits per heavy atom. The molecular formula is C54H56N4O8. The maximum Gasteiger partial charge on any atom is 0.186 e. The van der Waals surface area contributed by atoms with Crippen molar-refractivity contribution in [3.05, 3.63) is 226 Å². The minimum atomic E-state index is -1.08. The average molecular weight is 889 g/mol. The van der Waals surface area contributed by atoms with E-state index in [0.29, 0.717) is 6.61 Å². The van der Waals surface area contributed by atoms with Gasteiger partial charge >= 0.3 is 0 Å². The number of ether oxygens (including phenoxy) is 8. The lowest BCUT2D eigenvalue weighted by molar-refractivity contribution is -0.329. The van der Waals surface area contributed by atoms with Gasteiger partial charge in [-0.2, -0.15) is 5.26 Å². The van der Waals surface area contributed by atoms with E-state index in [2.05, 4.69) is 16.1 Å². The van der Waals surface area contributed by atoms with Crippen molar-refractivity contribution in [2.45, 2.75) is 95.0 Å². The molecule has 8 atom stereocenters. The monoisotopic (exact) mass is 888 g/mol. The fourth-order valence-electron chi connectivity index (χ4n) is 7.71. The summed E-state index contributed by atoms with van der Waals surface area (Å²) in [6.45, 7) is 1.38. The molecule has 0 radical (unpaired) electrons. The first-order valence-corrected chi connectivity index (χ1v) is 22.2. The van der Waals surface area contributed by atoms with Gasteiger partial charge in [-0.1, -0.05) is 187 Å². The van der Waals surface area contributed by atoms with Crippen LogP contribution < -0.4 is 0 Å². The molecule has 0 amide bonds. The molecule has 1 heterocycles. The van der Waals surface area contributed by atoms with E-state index in [0.717, 1.165) is 33.4 Å². The van der Waals surface area contributed by atoms with Gasteiger partial charge < -0.3 is 37.9 Å². The molecule has 12 heteroatoms. The van der Waals surface area contributed by atoms with Crippen LogP contribution in [0.4, 0.5) is 0 Å². The molecular weight excluding hydrogens is 833 g/mol. The van der Waals surface area contributed by atoms with E-state index in [-0.39, 0.29) is 52.7 Å². The molecule has 66 heavy (non-hydrogen) atoms. The normalized spacial score (nSPS) is 19.5. The Bertz CT molecular complexity index is 2340. The molecule has 7 rings (SSSR count). The molecule has 340 valence electrons. The van der Waals surface area contributed by atoms with Crippen LogP contribution in [0.15, 0.2) is 187 Å². The molecule has 12 nitrogen and oxygen atoms in total. The largest absolute Gasteiger partial charge is 0.374 e. The Hall–Kier alpha value is -6.20. The van der Waals surface area contributed by atoms with Crippen molar-refractivity contribution in [2.24, 2.45) is 5.11 Å². The van der Waals surface area contributed by atoms with Crippen molar-refractivity contribution in [3.63, 3.8) is 0 Å². The highest BCUT2D eigenvalue weighted by molar-refractivity contribution is 5.18. The van der Waals surface area contributed by atoms with Crippen LogP contribution in [0, 0.1) is 11.3 Å². The maximum atomic E-state index is 10.1. The number of hydrogen-bond donors (Lipinski definition) is 0. The minimum Gasteiger partial charge on any atom is -0.374 e. The SMILES string of the molecule is N#CC[C@@H](OCc1ccccc1)[C@H](OCc1ccccc1)[C@H](CO[C@H]1O[C@H](COCc2ccccc2)[C@H](OCc2ccccc2)[C@H](OCc2ccccc2)[C@H]1OCc1ccccc1)N=[N+]=[N-]. The van der Waals surface area contributed by atoms with E-state index in [1.807, 2.05) is 182 Å². The third-order valence-corrected chi connectivity index (χ3v) is 11.1. The van der Waals surface area contributed by atoms with Crippen LogP contribution in [0.2, 0.25) is 0 Å². The number of azide groups is 1. The van der Waals surface area contributed by atoms with Gasteiger partial charge in [0.2, 0.25) is 0 Å². The summed E-state index contributed by atoms with van der Waals surface area (Å²) in [5.74, 6) is 0. The molecule has 6 aromatic carbocycles. The fraction of sp³-hybridized carbons (Fsp3) is 0.315. The zero-order valence-corrected chi connectivity index (χ0v) is 36.9. The molecule has 1 fully saturated rings. The van der Waals surface area contributed by atoms with Crippen molar-refractivity contribution in [1.82, 2.24) is 0 Å². The number of benzene rings is 6. The lowest BCUT2D eigenvalue weighted by Crippen LogP contribution is -2.62. The van der Waals surface area contributed by atoms with Crippen LogP contribution in [0.25, 0.3) is 10.4 Å². The number of rotatable bonds is 26. The van der Waals surface area contributed by atoms with Crippen LogP contribution in [0.5, 0.6) is 0 Å². The second-order valence-electron chi connectivity index (χ2n) is 15.9. The topological polar surface area (TPSA) is 146 Å². The Morgan fingerprint density at radius 3 is 1.38 bits per heavy atom. The lowest BCUT2D eigenvalue weighted by atomic mass is 9.97. The standard InChI is InChI=1S/C54H56N4O8/c55-32-31-48(60-34-42-21-9-2-10-22-42)50(61-35-43-23-11-3-12-24-43)47(57-58-56)39-65-54-53(64-38-46-29-17-6-18-30-46)52(63-37-45-27-15-5-16-28-45)51(62-36-44-25-13-4-14-26-44)49(66-54)40-59-33-41-19-7-1-8-20-41/h1-30,47-54H,31,33-40H2/t47-,48+,49+,50+,51-,52-,53+,54-/m0/s1. The first-order chi connectivity index (χ1) is 32.7. The smallest absolute Gasteiger partial charge is 0.186 e. The summed E-state index contributed by atoms with van der Waals surface area (Å²) in [5, 5.41) is 14.3. The van der Waals surface area contributed by atoms with Crippen molar-refractivity contribution in [1.29, 1.82) is 5.26 Å². The van der Waals surface area contributed by atoms with Gasteiger partial charge in [-0.3, -0.25) is 0 Å².